The predicted octanol–water partition coefficient (Wildman–Crippen LogP) is 4.09. The molecule has 7 heteroatoms. The Hall–Kier alpha value is -3.35. The number of carbonyl (C=O) groups excluding carboxylic acids is 3. The molecule has 0 aliphatic carbocycles. The maximum absolute atomic E-state index is 12.8. The molecule has 33 heavy (non-hydrogen) atoms. The Balaban J connectivity index is 1.52. The van der Waals surface area contributed by atoms with Crippen LogP contribution in [-0.4, -0.2) is 60.2 Å². The number of likely N-dealkylation sites (tertiary alicyclic amines) is 1. The summed E-state index contributed by atoms with van der Waals surface area (Å²) in [6.07, 6.45) is 2.05. The van der Waals surface area contributed by atoms with Gasteiger partial charge in [0.25, 0.3) is 11.8 Å². The Labute approximate surface area is 196 Å². The second-order valence-electron chi connectivity index (χ2n) is 8.51. The van der Waals surface area contributed by atoms with Gasteiger partial charge in [0.15, 0.2) is 0 Å². The van der Waals surface area contributed by atoms with Crippen LogP contribution in [0.1, 0.15) is 54.3 Å². The molecule has 176 valence electrons. The largest absolute Gasteiger partial charge is 0.376 e. The molecule has 0 saturated carbocycles. The van der Waals surface area contributed by atoms with Gasteiger partial charge in [-0.25, -0.2) is 0 Å². The third-order valence-electron chi connectivity index (χ3n) is 6.10. The summed E-state index contributed by atoms with van der Waals surface area (Å²) in [5.74, 6) is 0.453. The zero-order valence-electron chi connectivity index (χ0n) is 19.8. The first-order valence-corrected chi connectivity index (χ1v) is 11.7. The van der Waals surface area contributed by atoms with E-state index in [9.17, 15) is 14.4 Å². The molecule has 1 aliphatic heterocycles. The van der Waals surface area contributed by atoms with Crippen molar-refractivity contribution in [1.82, 2.24) is 9.80 Å². The average Bonchev–Trinajstić information content (AvgIpc) is 2.84. The quantitative estimate of drug-likeness (QED) is 0.635. The van der Waals surface area contributed by atoms with Gasteiger partial charge >= 0.3 is 0 Å². The standard InChI is InChI=1S/C26H34N4O3/c1-4-29(5-2)25(32)20-9-11-22(12-10-20)27-18-24(31)28-23-8-6-7-21(17-23)26(33)30-15-13-19(3)14-16-30/h6-12,17,19,27H,4-5,13-16,18H2,1-3H3,(H,28,31). The van der Waals surface area contributed by atoms with Gasteiger partial charge in [0, 0.05) is 48.7 Å². The highest BCUT2D eigenvalue weighted by Crippen LogP contribution is 2.20. The number of piperidine rings is 1. The van der Waals surface area contributed by atoms with Crippen LogP contribution in [0.15, 0.2) is 48.5 Å². The van der Waals surface area contributed by atoms with E-state index in [-0.39, 0.29) is 24.3 Å². The molecule has 0 atom stereocenters. The fraction of sp³-hybridized carbons (Fsp3) is 0.423. The first-order valence-electron chi connectivity index (χ1n) is 11.7. The molecule has 1 fully saturated rings. The van der Waals surface area contributed by atoms with E-state index in [1.807, 2.05) is 18.7 Å². The van der Waals surface area contributed by atoms with Crippen LogP contribution < -0.4 is 10.6 Å². The number of anilines is 2. The molecule has 1 saturated heterocycles. The minimum absolute atomic E-state index is 0.00205. The van der Waals surface area contributed by atoms with Gasteiger partial charge in [0.2, 0.25) is 5.91 Å². The van der Waals surface area contributed by atoms with E-state index in [0.29, 0.717) is 35.8 Å². The van der Waals surface area contributed by atoms with Crippen molar-refractivity contribution in [2.75, 3.05) is 43.4 Å². The lowest BCUT2D eigenvalue weighted by Gasteiger charge is -2.30. The maximum atomic E-state index is 12.8. The zero-order chi connectivity index (χ0) is 23.8. The Morgan fingerprint density at radius 2 is 1.61 bits per heavy atom. The Morgan fingerprint density at radius 1 is 0.939 bits per heavy atom. The second kappa shape index (κ2) is 11.5. The van der Waals surface area contributed by atoms with Crippen LogP contribution in [0.4, 0.5) is 11.4 Å². The second-order valence-corrected chi connectivity index (χ2v) is 8.51. The summed E-state index contributed by atoms with van der Waals surface area (Å²) in [5, 5.41) is 5.91. The molecule has 1 aliphatic rings. The van der Waals surface area contributed by atoms with Crippen molar-refractivity contribution in [2.24, 2.45) is 5.92 Å². The first-order chi connectivity index (χ1) is 15.9. The van der Waals surface area contributed by atoms with Crippen molar-refractivity contribution in [3.8, 4) is 0 Å². The minimum atomic E-state index is -0.213. The van der Waals surface area contributed by atoms with Gasteiger partial charge in [-0.1, -0.05) is 13.0 Å². The van der Waals surface area contributed by atoms with Crippen LogP contribution in [0.25, 0.3) is 0 Å². The summed E-state index contributed by atoms with van der Waals surface area (Å²) in [4.78, 5) is 41.2. The number of rotatable bonds is 8. The topological polar surface area (TPSA) is 81.8 Å². The van der Waals surface area contributed by atoms with E-state index in [1.54, 1.807) is 53.4 Å². The van der Waals surface area contributed by atoms with Crippen LogP contribution >= 0.6 is 0 Å². The lowest BCUT2D eigenvalue weighted by atomic mass is 9.98. The highest BCUT2D eigenvalue weighted by molar-refractivity contribution is 5.98. The summed E-state index contributed by atoms with van der Waals surface area (Å²) in [5.41, 5.74) is 2.56. The van der Waals surface area contributed by atoms with Crippen molar-refractivity contribution in [3.05, 3.63) is 59.7 Å². The molecule has 0 spiro atoms. The number of nitrogens with one attached hydrogen (secondary N) is 2. The Morgan fingerprint density at radius 3 is 2.24 bits per heavy atom. The molecular formula is C26H34N4O3. The van der Waals surface area contributed by atoms with Crippen molar-refractivity contribution >= 4 is 29.1 Å². The normalized spacial score (nSPS) is 14.0. The lowest BCUT2D eigenvalue weighted by molar-refractivity contribution is -0.114. The van der Waals surface area contributed by atoms with Crippen LogP contribution in [0.3, 0.4) is 0 Å². The number of hydrogen-bond acceptors (Lipinski definition) is 4. The van der Waals surface area contributed by atoms with Crippen LogP contribution in [-0.2, 0) is 4.79 Å². The van der Waals surface area contributed by atoms with Gasteiger partial charge in [0.05, 0.1) is 6.54 Å². The predicted molar refractivity (Wildman–Crippen MR) is 132 cm³/mol. The molecular weight excluding hydrogens is 416 g/mol. The zero-order valence-corrected chi connectivity index (χ0v) is 19.8. The molecule has 2 N–H and O–H groups in total. The van der Waals surface area contributed by atoms with Crippen LogP contribution in [0.2, 0.25) is 0 Å². The van der Waals surface area contributed by atoms with E-state index < -0.39 is 0 Å². The molecule has 1 heterocycles. The summed E-state index contributed by atoms with van der Waals surface area (Å²) >= 11 is 0. The number of carbonyl (C=O) groups is 3. The van der Waals surface area contributed by atoms with Crippen molar-refractivity contribution in [2.45, 2.75) is 33.6 Å². The van der Waals surface area contributed by atoms with E-state index in [4.69, 9.17) is 0 Å². The first kappa shape index (κ1) is 24.3. The van der Waals surface area contributed by atoms with Gasteiger partial charge in [-0.2, -0.15) is 0 Å². The van der Waals surface area contributed by atoms with Gasteiger partial charge < -0.3 is 20.4 Å². The lowest BCUT2D eigenvalue weighted by Crippen LogP contribution is -2.37. The SMILES string of the molecule is CCN(CC)C(=O)c1ccc(NCC(=O)Nc2cccc(C(=O)N3CCC(C)CC3)c2)cc1. The fourth-order valence-corrected chi connectivity index (χ4v) is 3.94. The Bertz CT molecular complexity index is 962. The number of nitrogens with zero attached hydrogens (tertiary/aromatic N) is 2. The molecule has 3 amide bonds. The number of amides is 3. The molecule has 0 unspecified atom stereocenters. The third kappa shape index (κ3) is 6.57. The van der Waals surface area contributed by atoms with E-state index in [1.165, 1.54) is 0 Å². The van der Waals surface area contributed by atoms with Gasteiger partial charge in [-0.3, -0.25) is 14.4 Å². The molecule has 7 nitrogen and oxygen atoms in total. The summed E-state index contributed by atoms with van der Waals surface area (Å²) in [6.45, 7) is 9.09. The average molecular weight is 451 g/mol. The van der Waals surface area contributed by atoms with E-state index in [2.05, 4.69) is 17.6 Å². The van der Waals surface area contributed by atoms with Gasteiger partial charge in [-0.15, -0.1) is 0 Å². The monoisotopic (exact) mass is 450 g/mol. The molecule has 3 rings (SSSR count). The summed E-state index contributed by atoms with van der Waals surface area (Å²) in [7, 11) is 0. The summed E-state index contributed by atoms with van der Waals surface area (Å²) in [6, 6.07) is 14.2. The smallest absolute Gasteiger partial charge is 0.253 e. The van der Waals surface area contributed by atoms with Crippen LogP contribution in [0, 0.1) is 5.92 Å². The third-order valence-corrected chi connectivity index (χ3v) is 6.10. The maximum Gasteiger partial charge on any atom is 0.253 e. The van der Waals surface area contributed by atoms with Crippen molar-refractivity contribution in [3.63, 3.8) is 0 Å². The molecule has 2 aromatic rings. The molecule has 0 radical (unpaired) electrons. The fourth-order valence-electron chi connectivity index (χ4n) is 3.94. The molecule has 0 bridgehead atoms. The van der Waals surface area contributed by atoms with Crippen molar-refractivity contribution < 1.29 is 14.4 Å². The molecule has 2 aromatic carbocycles. The highest BCUT2D eigenvalue weighted by Gasteiger charge is 2.21. The van der Waals surface area contributed by atoms with Crippen molar-refractivity contribution in [1.29, 1.82) is 0 Å². The Kier molecular flexibility index (Phi) is 8.46. The number of benzene rings is 2. The number of hydrogen-bond donors (Lipinski definition) is 2. The highest BCUT2D eigenvalue weighted by atomic mass is 16.2. The summed E-state index contributed by atoms with van der Waals surface area (Å²) < 4.78 is 0. The minimum Gasteiger partial charge on any atom is -0.376 e. The van der Waals surface area contributed by atoms with E-state index in [0.717, 1.165) is 31.6 Å². The van der Waals surface area contributed by atoms with Gasteiger partial charge in [0.1, 0.15) is 0 Å². The van der Waals surface area contributed by atoms with Gasteiger partial charge in [-0.05, 0) is 75.1 Å². The van der Waals surface area contributed by atoms with E-state index >= 15 is 0 Å². The molecule has 0 aromatic heterocycles. The van der Waals surface area contributed by atoms with Crippen LogP contribution in [0.5, 0.6) is 0 Å².